The lowest BCUT2D eigenvalue weighted by Gasteiger charge is -2.28. The highest BCUT2D eigenvalue weighted by Crippen LogP contribution is 2.31. The minimum Gasteiger partial charge on any atom is -0.376 e. The Hall–Kier alpha value is -3.35. The average molecular weight is 352 g/mol. The molecule has 1 aliphatic heterocycles. The summed E-state index contributed by atoms with van der Waals surface area (Å²) >= 11 is 0. The van der Waals surface area contributed by atoms with E-state index >= 15 is 0 Å². The standard InChI is InChI=1S/C19H20N4O3/c1-12-10-17(24)22-15-4-2-3-5-16(15)23(12)18(25)11-21-14-8-6-13(7-9-14)19(20)26/h2-9,12,21H,10-11H2,1H3,(H2,20,26)(H,22,24). The van der Waals surface area contributed by atoms with Crippen molar-refractivity contribution in [3.63, 3.8) is 0 Å². The van der Waals surface area contributed by atoms with E-state index in [0.29, 0.717) is 22.6 Å². The largest absolute Gasteiger partial charge is 0.376 e. The quantitative estimate of drug-likeness (QED) is 0.782. The van der Waals surface area contributed by atoms with Crippen molar-refractivity contribution in [2.75, 3.05) is 22.1 Å². The van der Waals surface area contributed by atoms with Crippen LogP contribution in [0.2, 0.25) is 0 Å². The van der Waals surface area contributed by atoms with Crippen LogP contribution < -0.4 is 21.3 Å². The summed E-state index contributed by atoms with van der Waals surface area (Å²) in [7, 11) is 0. The van der Waals surface area contributed by atoms with Crippen LogP contribution in [0.3, 0.4) is 0 Å². The van der Waals surface area contributed by atoms with E-state index < -0.39 is 5.91 Å². The molecule has 1 atom stereocenters. The van der Waals surface area contributed by atoms with Gasteiger partial charge in [-0.25, -0.2) is 0 Å². The molecule has 0 aliphatic carbocycles. The van der Waals surface area contributed by atoms with Gasteiger partial charge >= 0.3 is 0 Å². The molecule has 0 spiro atoms. The van der Waals surface area contributed by atoms with Gasteiger partial charge in [-0.2, -0.15) is 0 Å². The van der Waals surface area contributed by atoms with Crippen molar-refractivity contribution in [3.05, 3.63) is 54.1 Å². The number of amides is 3. The molecule has 7 heteroatoms. The average Bonchev–Trinajstić information content (AvgIpc) is 2.74. The van der Waals surface area contributed by atoms with Crippen molar-refractivity contribution >= 4 is 34.8 Å². The van der Waals surface area contributed by atoms with Crippen molar-refractivity contribution in [1.29, 1.82) is 0 Å². The van der Waals surface area contributed by atoms with E-state index in [4.69, 9.17) is 5.73 Å². The maximum absolute atomic E-state index is 12.8. The zero-order valence-electron chi connectivity index (χ0n) is 14.4. The summed E-state index contributed by atoms with van der Waals surface area (Å²) in [4.78, 5) is 37.6. The fourth-order valence-electron chi connectivity index (χ4n) is 2.98. The molecule has 0 bridgehead atoms. The first-order valence-electron chi connectivity index (χ1n) is 8.30. The summed E-state index contributed by atoms with van der Waals surface area (Å²) in [6.45, 7) is 1.91. The van der Waals surface area contributed by atoms with Crippen LogP contribution in [0.25, 0.3) is 0 Å². The van der Waals surface area contributed by atoms with Crippen LogP contribution in [0.15, 0.2) is 48.5 Å². The molecule has 26 heavy (non-hydrogen) atoms. The number of rotatable bonds is 4. The summed E-state index contributed by atoms with van der Waals surface area (Å²) < 4.78 is 0. The maximum Gasteiger partial charge on any atom is 0.248 e. The predicted molar refractivity (Wildman–Crippen MR) is 100 cm³/mol. The van der Waals surface area contributed by atoms with Gasteiger partial charge < -0.3 is 21.3 Å². The topological polar surface area (TPSA) is 105 Å². The molecule has 134 valence electrons. The Balaban J connectivity index is 1.76. The maximum atomic E-state index is 12.8. The second-order valence-electron chi connectivity index (χ2n) is 6.18. The van der Waals surface area contributed by atoms with Gasteiger partial charge in [-0.05, 0) is 43.3 Å². The lowest BCUT2D eigenvalue weighted by Crippen LogP contribution is -2.42. The monoisotopic (exact) mass is 352 g/mol. The molecule has 2 aromatic carbocycles. The molecule has 0 radical (unpaired) electrons. The Morgan fingerprint density at radius 2 is 1.88 bits per heavy atom. The van der Waals surface area contributed by atoms with Gasteiger partial charge in [0.2, 0.25) is 17.7 Å². The molecule has 2 aromatic rings. The number of anilines is 3. The van der Waals surface area contributed by atoms with Crippen molar-refractivity contribution in [2.45, 2.75) is 19.4 Å². The fourth-order valence-corrected chi connectivity index (χ4v) is 2.98. The van der Waals surface area contributed by atoms with Gasteiger partial charge in [0, 0.05) is 23.7 Å². The lowest BCUT2D eigenvalue weighted by molar-refractivity contribution is -0.118. The summed E-state index contributed by atoms with van der Waals surface area (Å²) in [5.74, 6) is -0.768. The Morgan fingerprint density at radius 1 is 1.19 bits per heavy atom. The summed E-state index contributed by atoms with van der Waals surface area (Å²) in [5.41, 5.74) is 7.63. The van der Waals surface area contributed by atoms with Crippen LogP contribution in [0.1, 0.15) is 23.7 Å². The Labute approximate surface area is 151 Å². The second kappa shape index (κ2) is 7.26. The van der Waals surface area contributed by atoms with E-state index in [2.05, 4.69) is 10.6 Å². The Morgan fingerprint density at radius 3 is 2.58 bits per heavy atom. The fraction of sp³-hybridized carbons (Fsp3) is 0.211. The van der Waals surface area contributed by atoms with Crippen molar-refractivity contribution in [1.82, 2.24) is 0 Å². The molecule has 0 aromatic heterocycles. The molecule has 7 nitrogen and oxygen atoms in total. The molecular weight excluding hydrogens is 332 g/mol. The Kier molecular flexibility index (Phi) is 4.88. The number of nitrogens with zero attached hydrogens (tertiary/aromatic N) is 1. The van der Waals surface area contributed by atoms with E-state index in [9.17, 15) is 14.4 Å². The van der Waals surface area contributed by atoms with Crippen LogP contribution in [0, 0.1) is 0 Å². The SMILES string of the molecule is CC1CC(=O)Nc2ccccc2N1C(=O)CNc1ccc(C(N)=O)cc1. The van der Waals surface area contributed by atoms with E-state index in [1.165, 1.54) is 0 Å². The number of nitrogens with two attached hydrogens (primary N) is 1. The minimum absolute atomic E-state index is 0.0583. The van der Waals surface area contributed by atoms with E-state index in [1.54, 1.807) is 35.2 Å². The van der Waals surface area contributed by atoms with Crippen LogP contribution >= 0.6 is 0 Å². The molecule has 0 saturated carbocycles. The zero-order valence-corrected chi connectivity index (χ0v) is 14.4. The summed E-state index contributed by atoms with van der Waals surface area (Å²) in [5, 5.41) is 5.87. The number of hydrogen-bond acceptors (Lipinski definition) is 4. The molecule has 1 aliphatic rings. The molecule has 3 amide bonds. The highest BCUT2D eigenvalue weighted by atomic mass is 16.2. The Bertz CT molecular complexity index is 848. The number of benzene rings is 2. The molecule has 0 saturated heterocycles. The number of fused-ring (bicyclic) bond motifs is 1. The summed E-state index contributed by atoms with van der Waals surface area (Å²) in [6, 6.07) is 13.6. The van der Waals surface area contributed by atoms with Crippen molar-refractivity contribution in [2.24, 2.45) is 5.73 Å². The van der Waals surface area contributed by atoms with Crippen LogP contribution in [-0.2, 0) is 9.59 Å². The first-order valence-corrected chi connectivity index (χ1v) is 8.30. The number of carbonyl (C=O) groups is 3. The third kappa shape index (κ3) is 3.66. The van der Waals surface area contributed by atoms with Gasteiger partial charge in [-0.1, -0.05) is 12.1 Å². The van der Waals surface area contributed by atoms with Crippen LogP contribution in [0.5, 0.6) is 0 Å². The van der Waals surface area contributed by atoms with Gasteiger partial charge in [0.25, 0.3) is 0 Å². The van der Waals surface area contributed by atoms with Crippen molar-refractivity contribution < 1.29 is 14.4 Å². The number of nitrogens with one attached hydrogen (secondary N) is 2. The molecule has 1 heterocycles. The third-order valence-electron chi connectivity index (χ3n) is 4.24. The first kappa shape index (κ1) is 17.5. The normalized spacial score (nSPS) is 16.3. The highest BCUT2D eigenvalue weighted by molar-refractivity contribution is 6.05. The zero-order chi connectivity index (χ0) is 18.7. The second-order valence-corrected chi connectivity index (χ2v) is 6.18. The third-order valence-corrected chi connectivity index (χ3v) is 4.24. The van der Waals surface area contributed by atoms with E-state index in [1.807, 2.05) is 25.1 Å². The first-order chi connectivity index (χ1) is 12.5. The predicted octanol–water partition coefficient (Wildman–Crippen LogP) is 1.96. The molecule has 4 N–H and O–H groups in total. The smallest absolute Gasteiger partial charge is 0.248 e. The van der Waals surface area contributed by atoms with Gasteiger partial charge in [-0.15, -0.1) is 0 Å². The number of carbonyl (C=O) groups excluding carboxylic acids is 3. The lowest BCUT2D eigenvalue weighted by atomic mass is 10.1. The number of primary amides is 1. The molecule has 3 rings (SSSR count). The van der Waals surface area contributed by atoms with E-state index in [-0.39, 0.29) is 30.8 Å². The number of para-hydroxylation sites is 2. The highest BCUT2D eigenvalue weighted by Gasteiger charge is 2.29. The minimum atomic E-state index is -0.500. The molecule has 1 unspecified atom stereocenters. The molecule has 0 fully saturated rings. The van der Waals surface area contributed by atoms with Gasteiger partial charge in [0.05, 0.1) is 17.9 Å². The van der Waals surface area contributed by atoms with E-state index in [0.717, 1.165) is 0 Å². The number of hydrogen-bond donors (Lipinski definition) is 3. The summed E-state index contributed by atoms with van der Waals surface area (Å²) in [6.07, 6.45) is 0.230. The van der Waals surface area contributed by atoms with Gasteiger partial charge in [-0.3, -0.25) is 14.4 Å². The van der Waals surface area contributed by atoms with Crippen LogP contribution in [-0.4, -0.2) is 30.3 Å². The van der Waals surface area contributed by atoms with Crippen molar-refractivity contribution in [3.8, 4) is 0 Å². The van der Waals surface area contributed by atoms with Gasteiger partial charge in [0.1, 0.15) is 0 Å². The van der Waals surface area contributed by atoms with Crippen LogP contribution in [0.4, 0.5) is 17.1 Å². The van der Waals surface area contributed by atoms with Gasteiger partial charge in [0.15, 0.2) is 0 Å². The molecular formula is C19H20N4O3.